The van der Waals surface area contributed by atoms with Crippen LogP contribution in [0.1, 0.15) is 19.3 Å². The SMILES string of the molecule is O=C1CCCCN1CCN1CCN(c2ccc3c(=O)n(CC(F)F)cnc3c2)CC1. The topological polar surface area (TPSA) is 61.7 Å². The Morgan fingerprint density at radius 2 is 1.80 bits per heavy atom. The number of carbonyl (C=O) groups is 1. The number of amides is 1. The molecule has 2 aromatic rings. The third kappa shape index (κ3) is 4.61. The zero-order valence-corrected chi connectivity index (χ0v) is 17.0. The van der Waals surface area contributed by atoms with Crippen LogP contribution < -0.4 is 10.5 Å². The van der Waals surface area contributed by atoms with Gasteiger partial charge in [0.2, 0.25) is 5.91 Å². The number of alkyl halides is 2. The van der Waals surface area contributed by atoms with Gasteiger partial charge >= 0.3 is 0 Å². The molecule has 1 aromatic heterocycles. The highest BCUT2D eigenvalue weighted by Crippen LogP contribution is 2.21. The van der Waals surface area contributed by atoms with Gasteiger partial charge in [-0.25, -0.2) is 13.8 Å². The van der Waals surface area contributed by atoms with Crippen molar-refractivity contribution in [3.05, 3.63) is 34.9 Å². The maximum absolute atomic E-state index is 12.6. The molecule has 1 aromatic carbocycles. The largest absolute Gasteiger partial charge is 0.369 e. The Labute approximate surface area is 173 Å². The Morgan fingerprint density at radius 1 is 1.00 bits per heavy atom. The van der Waals surface area contributed by atoms with Crippen LogP contribution in [0.15, 0.2) is 29.3 Å². The molecule has 2 aliphatic heterocycles. The van der Waals surface area contributed by atoms with E-state index >= 15 is 0 Å². The summed E-state index contributed by atoms with van der Waals surface area (Å²) in [6.45, 7) is 5.43. The van der Waals surface area contributed by atoms with Crippen LogP contribution in [0.25, 0.3) is 10.9 Å². The minimum absolute atomic E-state index is 0.274. The van der Waals surface area contributed by atoms with Gasteiger partial charge in [0.1, 0.15) is 0 Å². The highest BCUT2D eigenvalue weighted by Gasteiger charge is 2.21. The average molecular weight is 419 g/mol. The average Bonchev–Trinajstić information content (AvgIpc) is 2.75. The number of benzene rings is 1. The van der Waals surface area contributed by atoms with Crippen molar-refractivity contribution in [1.82, 2.24) is 19.4 Å². The molecule has 4 rings (SSSR count). The molecule has 0 unspecified atom stereocenters. The summed E-state index contributed by atoms with van der Waals surface area (Å²) >= 11 is 0. The van der Waals surface area contributed by atoms with Crippen molar-refractivity contribution in [2.75, 3.05) is 50.7 Å². The molecule has 0 radical (unpaired) electrons. The fraction of sp³-hybridized carbons (Fsp3) is 0.571. The second kappa shape index (κ2) is 9.07. The first-order valence-electron chi connectivity index (χ1n) is 10.5. The first kappa shape index (κ1) is 20.7. The molecule has 2 saturated heterocycles. The molecule has 0 saturated carbocycles. The number of nitrogens with zero attached hydrogens (tertiary/aromatic N) is 5. The Morgan fingerprint density at radius 3 is 2.53 bits per heavy atom. The van der Waals surface area contributed by atoms with Crippen LogP contribution in [0.2, 0.25) is 0 Å². The molecule has 2 aliphatic rings. The lowest BCUT2D eigenvalue weighted by molar-refractivity contribution is -0.133. The molecule has 7 nitrogen and oxygen atoms in total. The van der Waals surface area contributed by atoms with Gasteiger partial charge in [0.15, 0.2) is 0 Å². The van der Waals surface area contributed by atoms with Crippen molar-refractivity contribution in [3.63, 3.8) is 0 Å². The van der Waals surface area contributed by atoms with Gasteiger partial charge < -0.3 is 9.80 Å². The van der Waals surface area contributed by atoms with E-state index in [1.54, 1.807) is 6.07 Å². The lowest BCUT2D eigenvalue weighted by Gasteiger charge is -2.37. The summed E-state index contributed by atoms with van der Waals surface area (Å²) in [5.74, 6) is 0.274. The highest BCUT2D eigenvalue weighted by atomic mass is 19.3. The van der Waals surface area contributed by atoms with Gasteiger partial charge in [-0.05, 0) is 31.0 Å². The molecule has 162 valence electrons. The number of carbonyl (C=O) groups excluding carboxylic acids is 1. The molecule has 9 heteroatoms. The van der Waals surface area contributed by atoms with Gasteiger partial charge in [0.05, 0.1) is 23.8 Å². The molecule has 1 amide bonds. The van der Waals surface area contributed by atoms with Gasteiger partial charge in [-0.1, -0.05) is 0 Å². The number of aromatic nitrogens is 2. The molecule has 0 aliphatic carbocycles. The maximum Gasteiger partial charge on any atom is 0.261 e. The van der Waals surface area contributed by atoms with E-state index < -0.39 is 18.5 Å². The summed E-state index contributed by atoms with van der Waals surface area (Å²) in [6, 6.07) is 5.39. The fourth-order valence-corrected chi connectivity index (χ4v) is 4.21. The molecule has 0 spiro atoms. The van der Waals surface area contributed by atoms with E-state index in [0.717, 1.165) is 68.9 Å². The summed E-state index contributed by atoms with van der Waals surface area (Å²) in [5, 5.41) is 0.353. The van der Waals surface area contributed by atoms with E-state index in [1.165, 1.54) is 6.33 Å². The second-order valence-electron chi connectivity index (χ2n) is 7.96. The van der Waals surface area contributed by atoms with Crippen molar-refractivity contribution >= 4 is 22.5 Å². The molecule has 30 heavy (non-hydrogen) atoms. The summed E-state index contributed by atoms with van der Waals surface area (Å²) in [6.07, 6.45) is 1.39. The molecule has 2 fully saturated rings. The number of piperidine rings is 1. The van der Waals surface area contributed by atoms with Crippen molar-refractivity contribution in [2.24, 2.45) is 0 Å². The van der Waals surface area contributed by atoms with Crippen molar-refractivity contribution in [1.29, 1.82) is 0 Å². The number of rotatable bonds is 6. The Balaban J connectivity index is 1.36. The van der Waals surface area contributed by atoms with Gasteiger partial charge in [-0.2, -0.15) is 0 Å². The van der Waals surface area contributed by atoms with E-state index in [2.05, 4.69) is 14.8 Å². The quantitative estimate of drug-likeness (QED) is 0.715. The number of hydrogen-bond acceptors (Lipinski definition) is 5. The lowest BCUT2D eigenvalue weighted by Crippen LogP contribution is -2.49. The Kier molecular flexibility index (Phi) is 6.26. The van der Waals surface area contributed by atoms with Crippen LogP contribution in [-0.4, -0.2) is 77.5 Å². The molecule has 3 heterocycles. The number of halogens is 2. The first-order valence-corrected chi connectivity index (χ1v) is 10.5. The Bertz CT molecular complexity index is 956. The number of fused-ring (bicyclic) bond motifs is 1. The third-order valence-electron chi connectivity index (χ3n) is 5.99. The van der Waals surface area contributed by atoms with Crippen molar-refractivity contribution in [3.8, 4) is 0 Å². The number of likely N-dealkylation sites (tertiary alicyclic amines) is 1. The van der Waals surface area contributed by atoms with E-state index in [1.807, 2.05) is 17.0 Å². The molecule has 0 atom stereocenters. The van der Waals surface area contributed by atoms with Crippen LogP contribution in [0, 0.1) is 0 Å². The zero-order chi connectivity index (χ0) is 21.1. The van der Waals surface area contributed by atoms with Crippen LogP contribution in [0.4, 0.5) is 14.5 Å². The molecule has 0 N–H and O–H groups in total. The summed E-state index contributed by atoms with van der Waals surface area (Å²) in [7, 11) is 0. The molecular weight excluding hydrogens is 392 g/mol. The van der Waals surface area contributed by atoms with Crippen LogP contribution in [0.3, 0.4) is 0 Å². The van der Waals surface area contributed by atoms with Gasteiger partial charge in [0.25, 0.3) is 12.0 Å². The summed E-state index contributed by atoms with van der Waals surface area (Å²) < 4.78 is 26.2. The summed E-state index contributed by atoms with van der Waals surface area (Å²) in [4.78, 5) is 35.1. The van der Waals surface area contributed by atoms with Crippen LogP contribution >= 0.6 is 0 Å². The highest BCUT2D eigenvalue weighted by molar-refractivity contribution is 5.81. The summed E-state index contributed by atoms with van der Waals surface area (Å²) in [5.41, 5.74) is 1.06. The van der Waals surface area contributed by atoms with Crippen molar-refractivity contribution < 1.29 is 13.6 Å². The minimum atomic E-state index is -2.59. The van der Waals surface area contributed by atoms with Crippen LogP contribution in [-0.2, 0) is 11.3 Å². The van der Waals surface area contributed by atoms with E-state index in [-0.39, 0.29) is 5.91 Å². The van der Waals surface area contributed by atoms with E-state index in [4.69, 9.17) is 0 Å². The predicted octanol–water partition coefficient (Wildman–Crippen LogP) is 1.80. The monoisotopic (exact) mass is 419 g/mol. The van der Waals surface area contributed by atoms with E-state index in [9.17, 15) is 18.4 Å². The maximum atomic E-state index is 12.6. The normalized spacial score (nSPS) is 18.6. The first-order chi connectivity index (χ1) is 14.5. The lowest BCUT2D eigenvalue weighted by atomic mass is 10.1. The minimum Gasteiger partial charge on any atom is -0.369 e. The third-order valence-corrected chi connectivity index (χ3v) is 5.99. The van der Waals surface area contributed by atoms with Crippen molar-refractivity contribution in [2.45, 2.75) is 32.2 Å². The molecular formula is C21H27F2N5O2. The van der Waals surface area contributed by atoms with Gasteiger partial charge in [-0.3, -0.25) is 19.1 Å². The number of piperazine rings is 1. The Hall–Kier alpha value is -2.55. The zero-order valence-electron chi connectivity index (χ0n) is 17.0. The van der Waals surface area contributed by atoms with Gasteiger partial charge in [-0.15, -0.1) is 0 Å². The molecule has 0 bridgehead atoms. The van der Waals surface area contributed by atoms with Crippen LogP contribution in [0.5, 0.6) is 0 Å². The smallest absolute Gasteiger partial charge is 0.261 e. The second-order valence-corrected chi connectivity index (χ2v) is 7.96. The predicted molar refractivity (Wildman–Crippen MR) is 111 cm³/mol. The fourth-order valence-electron chi connectivity index (χ4n) is 4.21. The number of anilines is 1. The van der Waals surface area contributed by atoms with Gasteiger partial charge in [0, 0.05) is 57.9 Å². The van der Waals surface area contributed by atoms with E-state index in [0.29, 0.717) is 17.3 Å². The standard InChI is InChI=1S/C21H27F2N5O2/c22-19(23)14-28-15-24-18-13-16(4-5-17(18)21(28)30)26-10-7-25(8-11-26)9-12-27-6-2-1-3-20(27)29/h4-5,13,15,19H,1-3,6-12,14H2. The number of hydrogen-bond donors (Lipinski definition) is 0.